The van der Waals surface area contributed by atoms with Crippen LogP contribution in [-0.4, -0.2) is 26.4 Å². The molecule has 2 aromatic carbocycles. The van der Waals surface area contributed by atoms with Crippen molar-refractivity contribution in [3.05, 3.63) is 83.7 Å². The molecule has 0 radical (unpaired) electrons. The number of carbonyl (C=O) groups excluding carboxylic acids is 1. The molecule has 168 valence electrons. The summed E-state index contributed by atoms with van der Waals surface area (Å²) in [5, 5.41) is 12.6. The van der Waals surface area contributed by atoms with Crippen molar-refractivity contribution < 1.29 is 4.79 Å². The molecule has 32 heavy (non-hydrogen) atoms. The van der Waals surface area contributed by atoms with Crippen LogP contribution >= 0.6 is 11.8 Å². The van der Waals surface area contributed by atoms with Crippen LogP contribution in [0.5, 0.6) is 0 Å². The van der Waals surface area contributed by atoms with Gasteiger partial charge in [0.2, 0.25) is 5.91 Å². The van der Waals surface area contributed by atoms with Gasteiger partial charge in [-0.3, -0.25) is 4.79 Å². The summed E-state index contributed by atoms with van der Waals surface area (Å²) < 4.78 is 2.03. The van der Waals surface area contributed by atoms with Gasteiger partial charge in [0.15, 0.2) is 5.16 Å². The van der Waals surface area contributed by atoms with Gasteiger partial charge < -0.3 is 9.88 Å². The molecule has 3 aromatic rings. The first kappa shape index (κ1) is 23.8. The van der Waals surface area contributed by atoms with Crippen LogP contribution in [0.3, 0.4) is 0 Å². The zero-order valence-corrected chi connectivity index (χ0v) is 20.2. The van der Waals surface area contributed by atoms with E-state index in [1.807, 2.05) is 28.8 Å². The van der Waals surface area contributed by atoms with Crippen LogP contribution in [0.1, 0.15) is 62.0 Å². The molecular weight excluding hydrogens is 416 g/mol. The van der Waals surface area contributed by atoms with E-state index < -0.39 is 0 Å². The fraction of sp³-hybridized carbons (Fsp3) is 0.346. The highest BCUT2D eigenvalue weighted by molar-refractivity contribution is 7.99. The lowest BCUT2D eigenvalue weighted by Crippen LogP contribution is -2.18. The maximum Gasteiger partial charge on any atom is 0.234 e. The van der Waals surface area contributed by atoms with Gasteiger partial charge in [0, 0.05) is 18.7 Å². The van der Waals surface area contributed by atoms with E-state index in [0.29, 0.717) is 24.8 Å². The maximum absolute atomic E-state index is 12.9. The van der Waals surface area contributed by atoms with E-state index in [9.17, 15) is 4.79 Å². The summed E-state index contributed by atoms with van der Waals surface area (Å²) in [7, 11) is 0. The summed E-state index contributed by atoms with van der Waals surface area (Å²) in [5.74, 6) is 1.75. The number of anilines is 1. The van der Waals surface area contributed by atoms with E-state index in [4.69, 9.17) is 0 Å². The summed E-state index contributed by atoms with van der Waals surface area (Å²) in [4.78, 5) is 12.9. The monoisotopic (exact) mass is 448 g/mol. The lowest BCUT2D eigenvalue weighted by Gasteiger charge is -2.20. The molecule has 0 bridgehead atoms. The number of para-hydroxylation sites is 1. The second kappa shape index (κ2) is 11.1. The largest absolute Gasteiger partial charge is 0.325 e. The molecule has 1 N–H and O–H groups in total. The molecule has 0 fully saturated rings. The van der Waals surface area contributed by atoms with Crippen molar-refractivity contribution in [2.24, 2.45) is 0 Å². The minimum absolute atomic E-state index is 0.0391. The van der Waals surface area contributed by atoms with Crippen LogP contribution in [0.15, 0.2) is 66.3 Å². The predicted molar refractivity (Wildman–Crippen MR) is 133 cm³/mol. The Balaban J connectivity index is 1.74. The number of allylic oxidation sites excluding steroid dienone is 1. The Bertz CT molecular complexity index is 1030. The van der Waals surface area contributed by atoms with Gasteiger partial charge in [0.25, 0.3) is 0 Å². The smallest absolute Gasteiger partial charge is 0.234 e. The molecule has 0 unspecified atom stereocenters. The molecule has 6 heteroatoms. The zero-order valence-electron chi connectivity index (χ0n) is 19.3. The summed E-state index contributed by atoms with van der Waals surface area (Å²) >= 11 is 1.40. The molecule has 1 aromatic heterocycles. The van der Waals surface area contributed by atoms with Gasteiger partial charge >= 0.3 is 0 Å². The molecule has 0 saturated carbocycles. The Kier molecular flexibility index (Phi) is 8.28. The first-order valence-corrected chi connectivity index (χ1v) is 12.0. The van der Waals surface area contributed by atoms with Crippen LogP contribution in [0, 0.1) is 0 Å². The number of nitrogens with one attached hydrogen (secondary N) is 1. The summed E-state index contributed by atoms with van der Waals surface area (Å²) in [6.45, 7) is 13.1. The number of hydrogen-bond acceptors (Lipinski definition) is 4. The van der Waals surface area contributed by atoms with Crippen molar-refractivity contribution in [2.45, 2.75) is 57.7 Å². The van der Waals surface area contributed by atoms with Crippen molar-refractivity contribution >= 4 is 23.4 Å². The Morgan fingerprint density at radius 3 is 2.28 bits per heavy atom. The van der Waals surface area contributed by atoms with Gasteiger partial charge in [-0.2, -0.15) is 0 Å². The van der Waals surface area contributed by atoms with Crippen molar-refractivity contribution in [2.75, 3.05) is 11.1 Å². The molecule has 0 atom stereocenters. The lowest BCUT2D eigenvalue weighted by molar-refractivity contribution is -0.113. The number of rotatable bonds is 10. The quantitative estimate of drug-likeness (QED) is 0.304. The van der Waals surface area contributed by atoms with Gasteiger partial charge in [-0.05, 0) is 28.5 Å². The van der Waals surface area contributed by atoms with Crippen molar-refractivity contribution in [1.29, 1.82) is 0 Å². The van der Waals surface area contributed by atoms with Crippen LogP contribution < -0.4 is 5.32 Å². The highest BCUT2D eigenvalue weighted by Crippen LogP contribution is 2.32. The van der Waals surface area contributed by atoms with Gasteiger partial charge in [-0.15, -0.1) is 16.8 Å². The molecule has 1 amide bonds. The second-order valence-electron chi connectivity index (χ2n) is 8.42. The third-order valence-electron chi connectivity index (χ3n) is 5.28. The topological polar surface area (TPSA) is 59.8 Å². The normalized spacial score (nSPS) is 11.2. The van der Waals surface area contributed by atoms with E-state index in [1.165, 1.54) is 17.3 Å². The number of benzene rings is 2. The highest BCUT2D eigenvalue weighted by atomic mass is 32.2. The third kappa shape index (κ3) is 5.88. The fourth-order valence-corrected chi connectivity index (χ4v) is 4.42. The SMILES string of the molecule is C=CCn1c(Cc2ccccc2)nnc1SCC(=O)Nc1c(C(C)C)cccc1C(C)C. The van der Waals surface area contributed by atoms with Gasteiger partial charge in [-0.1, -0.05) is 94.1 Å². The number of thioether (sulfide) groups is 1. The molecule has 5 nitrogen and oxygen atoms in total. The summed E-state index contributed by atoms with van der Waals surface area (Å²) in [6, 6.07) is 16.4. The average Bonchev–Trinajstić information content (AvgIpc) is 3.14. The Morgan fingerprint density at radius 2 is 1.69 bits per heavy atom. The van der Waals surface area contributed by atoms with Gasteiger partial charge in [0.05, 0.1) is 5.75 Å². The number of nitrogens with zero attached hydrogens (tertiary/aromatic N) is 3. The predicted octanol–water partition coefficient (Wildman–Crippen LogP) is 6.03. The Morgan fingerprint density at radius 1 is 1.03 bits per heavy atom. The van der Waals surface area contributed by atoms with E-state index in [1.54, 1.807) is 0 Å². The minimum atomic E-state index is -0.0391. The molecule has 3 rings (SSSR count). The van der Waals surface area contributed by atoms with Crippen LogP contribution in [-0.2, 0) is 17.8 Å². The molecule has 0 aliphatic heterocycles. The highest BCUT2D eigenvalue weighted by Gasteiger charge is 2.18. The summed E-state index contributed by atoms with van der Waals surface area (Å²) in [5.41, 5.74) is 4.44. The van der Waals surface area contributed by atoms with Crippen LogP contribution in [0.25, 0.3) is 0 Å². The molecular formula is C26H32N4OS. The second-order valence-corrected chi connectivity index (χ2v) is 9.36. The van der Waals surface area contributed by atoms with Crippen LogP contribution in [0.2, 0.25) is 0 Å². The van der Waals surface area contributed by atoms with Gasteiger partial charge in [-0.25, -0.2) is 0 Å². The Hall–Kier alpha value is -2.86. The number of carbonyl (C=O) groups is 1. The standard InChI is InChI=1S/C26H32N4OS/c1-6-15-30-23(16-20-11-8-7-9-12-20)28-29-26(30)32-17-24(31)27-25-21(18(2)3)13-10-14-22(25)19(4)5/h6-14,18-19H,1,15-17H2,2-5H3,(H,27,31). The van der Waals surface area contributed by atoms with E-state index in [0.717, 1.165) is 27.8 Å². The molecule has 0 aliphatic rings. The Labute approximate surface area is 195 Å². The van der Waals surface area contributed by atoms with E-state index in [-0.39, 0.29) is 11.7 Å². The van der Waals surface area contributed by atoms with Crippen molar-refractivity contribution in [3.63, 3.8) is 0 Å². The third-order valence-corrected chi connectivity index (χ3v) is 6.25. The van der Waals surface area contributed by atoms with E-state index >= 15 is 0 Å². The summed E-state index contributed by atoms with van der Waals surface area (Å²) in [6.07, 6.45) is 2.52. The first-order valence-electron chi connectivity index (χ1n) is 11.0. The van der Waals surface area contributed by atoms with Gasteiger partial charge in [0.1, 0.15) is 5.82 Å². The minimum Gasteiger partial charge on any atom is -0.325 e. The molecule has 0 aliphatic carbocycles. The van der Waals surface area contributed by atoms with E-state index in [2.05, 4.69) is 80.1 Å². The van der Waals surface area contributed by atoms with Crippen molar-refractivity contribution in [3.8, 4) is 0 Å². The zero-order chi connectivity index (χ0) is 23.1. The number of hydrogen-bond donors (Lipinski definition) is 1. The lowest BCUT2D eigenvalue weighted by atomic mass is 9.92. The molecule has 1 heterocycles. The fourth-order valence-electron chi connectivity index (χ4n) is 3.65. The molecule has 0 spiro atoms. The first-order chi connectivity index (χ1) is 15.4. The van der Waals surface area contributed by atoms with Crippen LogP contribution in [0.4, 0.5) is 5.69 Å². The average molecular weight is 449 g/mol. The van der Waals surface area contributed by atoms with Crippen molar-refractivity contribution in [1.82, 2.24) is 14.8 Å². The maximum atomic E-state index is 12.9. The number of aromatic nitrogens is 3. The molecule has 0 saturated heterocycles. The number of amides is 1.